The zero-order chi connectivity index (χ0) is 22.3. The molecule has 32 heavy (non-hydrogen) atoms. The first-order valence-electron chi connectivity index (χ1n) is 9.57. The van der Waals surface area contributed by atoms with Gasteiger partial charge in [-0.2, -0.15) is 13.2 Å². The first-order valence-corrected chi connectivity index (χ1v) is 9.57. The maximum atomic E-state index is 12.4. The summed E-state index contributed by atoms with van der Waals surface area (Å²) in [5.41, 5.74) is 1.50. The molecule has 1 aromatic carbocycles. The summed E-state index contributed by atoms with van der Waals surface area (Å²) in [5.74, 6) is 1.53. The molecule has 0 aliphatic carbocycles. The lowest BCUT2D eigenvalue weighted by atomic mass is 10.2. The smallest absolute Gasteiger partial charge is 0.422 e. The van der Waals surface area contributed by atoms with Crippen molar-refractivity contribution in [1.82, 2.24) is 25.2 Å². The van der Waals surface area contributed by atoms with E-state index in [1.165, 1.54) is 13.2 Å². The topological polar surface area (TPSA) is 85.1 Å². The minimum absolute atomic E-state index is 0. The van der Waals surface area contributed by atoms with Crippen molar-refractivity contribution in [3.8, 4) is 11.5 Å². The number of halogens is 4. The normalized spacial score (nSPS) is 11.7. The molecule has 2 N–H and O–H groups in total. The van der Waals surface area contributed by atoms with E-state index >= 15 is 0 Å². The van der Waals surface area contributed by atoms with Crippen LogP contribution in [0.5, 0.6) is 11.5 Å². The van der Waals surface area contributed by atoms with Crippen LogP contribution in [0.1, 0.15) is 18.3 Å². The summed E-state index contributed by atoms with van der Waals surface area (Å²) in [7, 11) is 1.37. The first-order chi connectivity index (χ1) is 14.9. The molecule has 3 rings (SSSR count). The second kappa shape index (κ2) is 11.7. The van der Waals surface area contributed by atoms with Crippen LogP contribution in [0, 0.1) is 0 Å². The molecule has 0 aliphatic rings. The Kier molecular flexibility index (Phi) is 9.35. The van der Waals surface area contributed by atoms with E-state index in [4.69, 9.17) is 9.47 Å². The minimum Gasteiger partial charge on any atom is -0.493 e. The monoisotopic (exact) mass is 564 g/mol. The van der Waals surface area contributed by atoms with Gasteiger partial charge in [-0.1, -0.05) is 12.1 Å². The van der Waals surface area contributed by atoms with Crippen LogP contribution >= 0.6 is 24.0 Å². The molecule has 0 unspecified atom stereocenters. The molecule has 0 saturated heterocycles. The van der Waals surface area contributed by atoms with Gasteiger partial charge in [0.1, 0.15) is 0 Å². The third kappa shape index (κ3) is 7.14. The highest BCUT2D eigenvalue weighted by Crippen LogP contribution is 2.30. The van der Waals surface area contributed by atoms with Gasteiger partial charge in [0.05, 0.1) is 20.2 Å². The molecule has 0 amide bonds. The highest BCUT2D eigenvalue weighted by molar-refractivity contribution is 14.0. The Morgan fingerprint density at radius 3 is 2.66 bits per heavy atom. The van der Waals surface area contributed by atoms with E-state index in [2.05, 4.69) is 25.8 Å². The largest absolute Gasteiger partial charge is 0.493 e. The maximum absolute atomic E-state index is 12.4. The number of pyridine rings is 1. The molecule has 0 bridgehead atoms. The van der Waals surface area contributed by atoms with E-state index in [-0.39, 0.29) is 42.0 Å². The summed E-state index contributed by atoms with van der Waals surface area (Å²) < 4.78 is 49.0. The molecular weight excluding hydrogens is 540 g/mol. The quantitative estimate of drug-likeness (QED) is 0.248. The second-order valence-corrected chi connectivity index (χ2v) is 6.48. The Hall–Kier alpha value is -2.77. The molecule has 0 radical (unpaired) electrons. The molecule has 174 valence electrons. The van der Waals surface area contributed by atoms with Gasteiger partial charge in [0.25, 0.3) is 0 Å². The van der Waals surface area contributed by atoms with Gasteiger partial charge in [-0.15, -0.1) is 34.2 Å². The number of benzene rings is 1. The van der Waals surface area contributed by atoms with Crippen LogP contribution in [-0.2, 0) is 13.1 Å². The molecule has 2 aromatic heterocycles. The van der Waals surface area contributed by atoms with Gasteiger partial charge >= 0.3 is 6.18 Å². The molecule has 0 saturated carbocycles. The number of aromatic nitrogens is 3. The molecule has 0 spiro atoms. The highest BCUT2D eigenvalue weighted by atomic mass is 127. The predicted octanol–water partition coefficient (Wildman–Crippen LogP) is 3.55. The van der Waals surface area contributed by atoms with Gasteiger partial charge < -0.3 is 20.1 Å². The van der Waals surface area contributed by atoms with E-state index in [0.717, 1.165) is 17.0 Å². The average molecular weight is 564 g/mol. The zero-order valence-corrected chi connectivity index (χ0v) is 19.8. The fourth-order valence-corrected chi connectivity index (χ4v) is 2.78. The Balaban J connectivity index is 0.00000363. The van der Waals surface area contributed by atoms with Crippen LogP contribution in [0.3, 0.4) is 0 Å². The highest BCUT2D eigenvalue weighted by Gasteiger charge is 2.29. The van der Waals surface area contributed by atoms with Crippen molar-refractivity contribution in [2.75, 3.05) is 20.3 Å². The van der Waals surface area contributed by atoms with Crippen LogP contribution in [0.25, 0.3) is 5.65 Å². The Morgan fingerprint density at radius 1 is 1.12 bits per heavy atom. The number of nitrogens with zero attached hydrogens (tertiary/aromatic N) is 4. The van der Waals surface area contributed by atoms with E-state index < -0.39 is 12.8 Å². The van der Waals surface area contributed by atoms with Crippen molar-refractivity contribution in [3.63, 3.8) is 0 Å². The molecule has 8 nitrogen and oxygen atoms in total. The summed E-state index contributed by atoms with van der Waals surface area (Å²) in [6, 6.07) is 10.3. The molecule has 0 aliphatic heterocycles. The summed E-state index contributed by atoms with van der Waals surface area (Å²) in [6.07, 6.45) is -2.54. The van der Waals surface area contributed by atoms with Crippen LogP contribution < -0.4 is 20.1 Å². The van der Waals surface area contributed by atoms with Crippen LogP contribution in [0.2, 0.25) is 0 Å². The zero-order valence-electron chi connectivity index (χ0n) is 17.5. The van der Waals surface area contributed by atoms with Crippen molar-refractivity contribution in [2.45, 2.75) is 26.2 Å². The standard InChI is InChI=1S/C20H23F3N6O2.HI/c1-3-24-19(26-12-18-28-27-17-6-4-5-9-29(17)18)25-11-14-7-8-15(16(10-14)30-2)31-13-20(21,22)23;/h4-10H,3,11-13H2,1-2H3,(H2,24,25,26);1H. The van der Waals surface area contributed by atoms with Crippen LogP contribution in [0.15, 0.2) is 47.6 Å². The van der Waals surface area contributed by atoms with Crippen LogP contribution in [0.4, 0.5) is 13.2 Å². The van der Waals surface area contributed by atoms with E-state index in [9.17, 15) is 13.2 Å². The number of rotatable bonds is 8. The van der Waals surface area contributed by atoms with Gasteiger partial charge in [0.15, 0.2) is 35.5 Å². The van der Waals surface area contributed by atoms with Crippen molar-refractivity contribution >= 4 is 35.6 Å². The lowest BCUT2D eigenvalue weighted by Crippen LogP contribution is -2.37. The fraction of sp³-hybridized carbons (Fsp3) is 0.350. The number of aliphatic imine (C=N–C) groups is 1. The Labute approximate surface area is 200 Å². The minimum atomic E-state index is -4.42. The number of hydrogen-bond donors (Lipinski definition) is 2. The number of nitrogens with one attached hydrogen (secondary N) is 2. The third-order valence-corrected chi connectivity index (χ3v) is 4.18. The van der Waals surface area contributed by atoms with Gasteiger partial charge in [0.2, 0.25) is 0 Å². The lowest BCUT2D eigenvalue weighted by molar-refractivity contribution is -0.153. The van der Waals surface area contributed by atoms with E-state index in [1.807, 2.05) is 35.7 Å². The second-order valence-electron chi connectivity index (χ2n) is 6.48. The van der Waals surface area contributed by atoms with Crippen molar-refractivity contribution < 1.29 is 22.6 Å². The number of ether oxygens (including phenoxy) is 2. The summed E-state index contributed by atoms with van der Waals surface area (Å²) in [6.45, 7) is 1.91. The average Bonchev–Trinajstić information content (AvgIpc) is 3.17. The summed E-state index contributed by atoms with van der Waals surface area (Å²) >= 11 is 0. The van der Waals surface area contributed by atoms with Gasteiger partial charge in [0, 0.05) is 12.7 Å². The fourth-order valence-electron chi connectivity index (χ4n) is 2.78. The molecule has 12 heteroatoms. The summed E-state index contributed by atoms with van der Waals surface area (Å²) in [5, 5.41) is 14.6. The predicted molar refractivity (Wildman–Crippen MR) is 125 cm³/mol. The van der Waals surface area contributed by atoms with Crippen molar-refractivity contribution in [1.29, 1.82) is 0 Å². The lowest BCUT2D eigenvalue weighted by Gasteiger charge is -2.14. The molecule has 0 fully saturated rings. The maximum Gasteiger partial charge on any atom is 0.422 e. The number of fused-ring (bicyclic) bond motifs is 1. The summed E-state index contributed by atoms with van der Waals surface area (Å²) in [4.78, 5) is 4.51. The van der Waals surface area contributed by atoms with Gasteiger partial charge in [-0.3, -0.25) is 4.40 Å². The number of guanidine groups is 1. The number of alkyl halides is 3. The van der Waals surface area contributed by atoms with Gasteiger partial charge in [-0.25, -0.2) is 4.99 Å². The number of hydrogen-bond acceptors (Lipinski definition) is 5. The molecular formula is C20H24F3IN6O2. The Bertz CT molecular complexity index is 1040. The number of methoxy groups -OCH3 is 1. The van der Waals surface area contributed by atoms with Crippen molar-refractivity contribution in [2.24, 2.45) is 4.99 Å². The molecule has 2 heterocycles. The van der Waals surface area contributed by atoms with Gasteiger partial charge in [-0.05, 0) is 36.8 Å². The SMILES string of the molecule is CCNC(=NCc1ccc(OCC(F)(F)F)c(OC)c1)NCc1nnc2ccccn12.I. The van der Waals surface area contributed by atoms with E-state index in [1.54, 1.807) is 12.1 Å². The first kappa shape index (κ1) is 25.5. The Morgan fingerprint density at radius 2 is 1.94 bits per heavy atom. The molecule has 3 aromatic rings. The molecule has 0 atom stereocenters. The van der Waals surface area contributed by atoms with Crippen molar-refractivity contribution in [3.05, 3.63) is 54.0 Å². The third-order valence-electron chi connectivity index (χ3n) is 4.18. The van der Waals surface area contributed by atoms with Crippen LogP contribution in [-0.4, -0.2) is 47.0 Å². The van der Waals surface area contributed by atoms with E-state index in [0.29, 0.717) is 19.0 Å².